The fourth-order valence-corrected chi connectivity index (χ4v) is 2.75. The molecule has 6 heteroatoms. The van der Waals surface area contributed by atoms with Gasteiger partial charge in [0.2, 0.25) is 5.13 Å². The molecule has 1 atom stereocenters. The molecule has 0 spiro atoms. The average Bonchev–Trinajstić information content (AvgIpc) is 3.09. The lowest BCUT2D eigenvalue weighted by molar-refractivity contribution is 0.685. The van der Waals surface area contributed by atoms with Gasteiger partial charge in [0.25, 0.3) is 0 Å². The first-order valence-corrected chi connectivity index (χ1v) is 7.61. The van der Waals surface area contributed by atoms with E-state index < -0.39 is 0 Å². The fraction of sp³-hybridized carbons (Fsp3) is 0.267. The Balaban J connectivity index is 1.66. The highest BCUT2D eigenvalue weighted by atomic mass is 32.1. The molecule has 0 amide bonds. The Hall–Kier alpha value is -2.21. The van der Waals surface area contributed by atoms with Gasteiger partial charge in [-0.25, -0.2) is 4.98 Å². The summed E-state index contributed by atoms with van der Waals surface area (Å²) in [6.07, 6.45) is 3.97. The van der Waals surface area contributed by atoms with E-state index in [1.54, 1.807) is 0 Å². The second-order valence-electron chi connectivity index (χ2n) is 4.97. The summed E-state index contributed by atoms with van der Waals surface area (Å²) in [6.45, 7) is 4.77. The number of anilines is 1. The topological polar surface area (TPSA) is 55.6 Å². The minimum atomic E-state index is 0.155. The fourth-order valence-electron chi connectivity index (χ4n) is 2.08. The standard InChI is InChI=1S/C15H17N5S/c1-11(17-15-18-12(2)19-21-15)14-8-16-20(10-14)9-13-6-4-3-5-7-13/h3-8,10-11H,9H2,1-2H3,(H,17,18,19). The third-order valence-electron chi connectivity index (χ3n) is 3.21. The minimum absolute atomic E-state index is 0.155. The van der Waals surface area contributed by atoms with Crippen molar-refractivity contribution < 1.29 is 0 Å². The molecule has 3 rings (SSSR count). The van der Waals surface area contributed by atoms with Crippen LogP contribution in [0.15, 0.2) is 42.7 Å². The number of aryl methyl sites for hydroxylation is 1. The highest BCUT2D eigenvalue weighted by Gasteiger charge is 2.10. The van der Waals surface area contributed by atoms with Crippen molar-refractivity contribution in [1.29, 1.82) is 0 Å². The van der Waals surface area contributed by atoms with Crippen LogP contribution < -0.4 is 5.32 Å². The molecular weight excluding hydrogens is 282 g/mol. The Labute approximate surface area is 127 Å². The summed E-state index contributed by atoms with van der Waals surface area (Å²) < 4.78 is 6.12. The molecule has 1 aromatic carbocycles. The van der Waals surface area contributed by atoms with Crippen molar-refractivity contribution in [3.05, 3.63) is 59.7 Å². The highest BCUT2D eigenvalue weighted by Crippen LogP contribution is 2.20. The summed E-state index contributed by atoms with van der Waals surface area (Å²) in [6, 6.07) is 10.5. The molecule has 1 N–H and O–H groups in total. The van der Waals surface area contributed by atoms with Crippen LogP contribution in [0.5, 0.6) is 0 Å². The summed E-state index contributed by atoms with van der Waals surface area (Å²) in [7, 11) is 0. The van der Waals surface area contributed by atoms with Gasteiger partial charge in [0.15, 0.2) is 0 Å². The van der Waals surface area contributed by atoms with Gasteiger partial charge in [-0.1, -0.05) is 30.3 Å². The van der Waals surface area contributed by atoms with Gasteiger partial charge in [-0.15, -0.1) is 0 Å². The predicted octanol–water partition coefficient (Wildman–Crippen LogP) is 3.26. The first-order valence-electron chi connectivity index (χ1n) is 6.84. The Kier molecular flexibility index (Phi) is 3.96. The van der Waals surface area contributed by atoms with E-state index in [0.29, 0.717) is 0 Å². The summed E-state index contributed by atoms with van der Waals surface area (Å²) >= 11 is 1.38. The maximum atomic E-state index is 4.42. The van der Waals surface area contributed by atoms with Gasteiger partial charge in [-0.05, 0) is 19.4 Å². The van der Waals surface area contributed by atoms with Crippen LogP contribution in [0.4, 0.5) is 5.13 Å². The molecule has 0 aliphatic heterocycles. The number of rotatable bonds is 5. The molecular formula is C15H17N5S. The second-order valence-corrected chi connectivity index (χ2v) is 5.72. The van der Waals surface area contributed by atoms with Gasteiger partial charge < -0.3 is 5.32 Å². The van der Waals surface area contributed by atoms with Gasteiger partial charge in [0, 0.05) is 23.3 Å². The molecule has 0 saturated heterocycles. The number of nitrogens with zero attached hydrogens (tertiary/aromatic N) is 4. The minimum Gasteiger partial charge on any atom is -0.354 e. The zero-order valence-corrected chi connectivity index (χ0v) is 12.8. The van der Waals surface area contributed by atoms with Crippen molar-refractivity contribution in [3.63, 3.8) is 0 Å². The Morgan fingerprint density at radius 3 is 2.81 bits per heavy atom. The maximum Gasteiger partial charge on any atom is 0.203 e. The van der Waals surface area contributed by atoms with Gasteiger partial charge in [-0.2, -0.15) is 9.47 Å². The van der Waals surface area contributed by atoms with Crippen molar-refractivity contribution in [2.24, 2.45) is 0 Å². The van der Waals surface area contributed by atoms with E-state index in [9.17, 15) is 0 Å². The maximum absolute atomic E-state index is 4.42. The lowest BCUT2D eigenvalue weighted by Crippen LogP contribution is -2.05. The predicted molar refractivity (Wildman–Crippen MR) is 84.5 cm³/mol. The zero-order valence-electron chi connectivity index (χ0n) is 12.0. The molecule has 0 saturated carbocycles. The van der Waals surface area contributed by atoms with E-state index in [1.807, 2.05) is 36.0 Å². The van der Waals surface area contributed by atoms with Gasteiger partial charge in [0.05, 0.1) is 18.8 Å². The molecule has 0 aliphatic rings. The summed E-state index contributed by atoms with van der Waals surface area (Å²) in [5.74, 6) is 0.800. The Bertz CT molecular complexity index is 704. The molecule has 21 heavy (non-hydrogen) atoms. The molecule has 0 aliphatic carbocycles. The van der Waals surface area contributed by atoms with Crippen LogP contribution in [0.2, 0.25) is 0 Å². The van der Waals surface area contributed by atoms with Crippen LogP contribution in [-0.4, -0.2) is 19.1 Å². The molecule has 5 nitrogen and oxygen atoms in total. The van der Waals surface area contributed by atoms with Crippen LogP contribution in [-0.2, 0) is 6.54 Å². The van der Waals surface area contributed by atoms with E-state index in [-0.39, 0.29) is 6.04 Å². The normalized spacial score (nSPS) is 12.3. The number of aromatic nitrogens is 4. The largest absolute Gasteiger partial charge is 0.354 e. The SMILES string of the molecule is Cc1nsc(NC(C)c2cnn(Cc3ccccc3)c2)n1. The third-order valence-corrected chi connectivity index (χ3v) is 3.95. The molecule has 0 radical (unpaired) electrons. The first kappa shape index (κ1) is 13.8. The third kappa shape index (κ3) is 3.46. The summed E-state index contributed by atoms with van der Waals surface area (Å²) in [4.78, 5) is 4.32. The summed E-state index contributed by atoms with van der Waals surface area (Å²) in [5.41, 5.74) is 2.38. The van der Waals surface area contributed by atoms with Crippen LogP contribution in [0, 0.1) is 6.92 Å². The quantitative estimate of drug-likeness (QED) is 0.785. The highest BCUT2D eigenvalue weighted by molar-refractivity contribution is 7.09. The monoisotopic (exact) mass is 299 g/mol. The van der Waals surface area contributed by atoms with E-state index in [1.165, 1.54) is 17.1 Å². The van der Waals surface area contributed by atoms with E-state index >= 15 is 0 Å². The first-order chi connectivity index (χ1) is 10.2. The van der Waals surface area contributed by atoms with Crippen molar-refractivity contribution in [2.75, 3.05) is 5.32 Å². The Morgan fingerprint density at radius 2 is 2.10 bits per heavy atom. The van der Waals surface area contributed by atoms with E-state index in [2.05, 4.69) is 45.0 Å². The molecule has 0 bridgehead atoms. The van der Waals surface area contributed by atoms with Crippen molar-refractivity contribution in [2.45, 2.75) is 26.4 Å². The molecule has 2 heterocycles. The van der Waals surface area contributed by atoms with Crippen LogP contribution >= 0.6 is 11.5 Å². The molecule has 1 unspecified atom stereocenters. The van der Waals surface area contributed by atoms with Crippen molar-refractivity contribution in [1.82, 2.24) is 19.1 Å². The lowest BCUT2D eigenvalue weighted by Gasteiger charge is -2.09. The lowest BCUT2D eigenvalue weighted by atomic mass is 10.2. The van der Waals surface area contributed by atoms with Crippen LogP contribution in [0.3, 0.4) is 0 Å². The van der Waals surface area contributed by atoms with Gasteiger partial charge in [0.1, 0.15) is 5.82 Å². The number of benzene rings is 1. The van der Waals surface area contributed by atoms with E-state index in [4.69, 9.17) is 0 Å². The number of hydrogen-bond acceptors (Lipinski definition) is 5. The zero-order chi connectivity index (χ0) is 14.7. The number of hydrogen-bond donors (Lipinski definition) is 1. The number of nitrogens with one attached hydrogen (secondary N) is 1. The molecule has 0 fully saturated rings. The molecule has 108 valence electrons. The van der Waals surface area contributed by atoms with Crippen molar-refractivity contribution >= 4 is 16.7 Å². The van der Waals surface area contributed by atoms with Gasteiger partial charge >= 0.3 is 0 Å². The summed E-state index contributed by atoms with van der Waals surface area (Å²) in [5, 5.41) is 8.61. The Morgan fingerprint density at radius 1 is 1.29 bits per heavy atom. The smallest absolute Gasteiger partial charge is 0.203 e. The molecule has 3 aromatic rings. The van der Waals surface area contributed by atoms with Crippen LogP contribution in [0.25, 0.3) is 0 Å². The van der Waals surface area contributed by atoms with Crippen molar-refractivity contribution in [3.8, 4) is 0 Å². The molecule has 2 aromatic heterocycles. The van der Waals surface area contributed by atoms with Gasteiger partial charge in [-0.3, -0.25) is 4.68 Å². The average molecular weight is 299 g/mol. The van der Waals surface area contributed by atoms with E-state index in [0.717, 1.165) is 23.1 Å². The second kappa shape index (κ2) is 6.05. The van der Waals surface area contributed by atoms with Crippen LogP contribution in [0.1, 0.15) is 29.9 Å².